The highest BCUT2D eigenvalue weighted by Gasteiger charge is 2.16. The number of hydrogen-bond donors (Lipinski definition) is 2. The number of ether oxygens (including phenoxy) is 1. The van der Waals surface area contributed by atoms with Crippen molar-refractivity contribution in [1.82, 2.24) is 10.9 Å². The maximum Gasteiger partial charge on any atom is 0.279 e. The Balaban J connectivity index is 1.81. The average molecular weight is 342 g/mol. The monoisotopic (exact) mass is 342 g/mol. The summed E-state index contributed by atoms with van der Waals surface area (Å²) in [6.45, 7) is 3.43. The average Bonchev–Trinajstić information content (AvgIpc) is 2.61. The lowest BCUT2D eigenvalue weighted by molar-refractivity contribution is -0.131. The predicted molar refractivity (Wildman–Crippen MR) is 93.0 cm³/mol. The van der Waals surface area contributed by atoms with Crippen LogP contribution in [0.15, 0.2) is 54.6 Å². The molecule has 2 amide bonds. The second-order valence-corrected chi connectivity index (χ2v) is 5.41. The molecule has 5 nitrogen and oxygen atoms in total. The Bertz CT molecular complexity index is 772. The topological polar surface area (TPSA) is 67.4 Å². The van der Waals surface area contributed by atoms with E-state index in [0.29, 0.717) is 0 Å². The molecule has 0 saturated heterocycles. The van der Waals surface area contributed by atoms with Gasteiger partial charge in [-0.3, -0.25) is 20.4 Å². The zero-order chi connectivity index (χ0) is 18.2. The highest BCUT2D eigenvalue weighted by atomic mass is 19.1. The number of nitrogens with one attached hydrogen (secondary N) is 2. The molecule has 0 heterocycles. The summed E-state index contributed by atoms with van der Waals surface area (Å²) in [4.78, 5) is 23.6. The molecular formula is C19H19FN2O3. The molecule has 0 aliphatic heterocycles. The molecule has 6 heteroatoms. The lowest BCUT2D eigenvalue weighted by Gasteiger charge is -2.15. The van der Waals surface area contributed by atoms with E-state index >= 15 is 0 Å². The minimum atomic E-state index is -0.974. The minimum Gasteiger partial charge on any atom is -0.478 e. The van der Waals surface area contributed by atoms with Crippen LogP contribution in [0.2, 0.25) is 0 Å². The number of aryl methyl sites for hydroxylation is 1. The van der Waals surface area contributed by atoms with Crippen molar-refractivity contribution in [3.05, 3.63) is 71.6 Å². The van der Waals surface area contributed by atoms with E-state index in [2.05, 4.69) is 10.9 Å². The molecular weight excluding hydrogens is 323 g/mol. The van der Waals surface area contributed by atoms with Gasteiger partial charge in [0.1, 0.15) is 0 Å². The number of rotatable bonds is 5. The van der Waals surface area contributed by atoms with Gasteiger partial charge in [-0.25, -0.2) is 4.39 Å². The van der Waals surface area contributed by atoms with Crippen molar-refractivity contribution in [2.75, 3.05) is 0 Å². The van der Waals surface area contributed by atoms with Crippen LogP contribution in [0.1, 0.15) is 18.1 Å². The van der Waals surface area contributed by atoms with Crippen molar-refractivity contribution >= 4 is 17.9 Å². The van der Waals surface area contributed by atoms with Crippen LogP contribution < -0.4 is 15.6 Å². The molecule has 0 unspecified atom stereocenters. The third-order valence-electron chi connectivity index (χ3n) is 3.32. The Labute approximate surface area is 145 Å². The van der Waals surface area contributed by atoms with Crippen LogP contribution in [-0.4, -0.2) is 17.9 Å². The Morgan fingerprint density at radius 1 is 1.08 bits per heavy atom. The zero-order valence-corrected chi connectivity index (χ0v) is 14.0. The summed E-state index contributed by atoms with van der Waals surface area (Å²) in [6.07, 6.45) is 1.95. The van der Waals surface area contributed by atoms with Crippen LogP contribution in [0, 0.1) is 12.7 Å². The Hall–Kier alpha value is -3.15. The predicted octanol–water partition coefficient (Wildman–Crippen LogP) is 2.76. The lowest BCUT2D eigenvalue weighted by atomic mass is 10.1. The van der Waals surface area contributed by atoms with Crippen LogP contribution in [0.4, 0.5) is 4.39 Å². The number of hydrazine groups is 1. The molecule has 25 heavy (non-hydrogen) atoms. The van der Waals surface area contributed by atoms with Crippen molar-refractivity contribution in [2.24, 2.45) is 0 Å². The van der Waals surface area contributed by atoms with Gasteiger partial charge in [-0.2, -0.15) is 0 Å². The van der Waals surface area contributed by atoms with Crippen LogP contribution >= 0.6 is 0 Å². The summed E-state index contributed by atoms with van der Waals surface area (Å²) in [6, 6.07) is 13.4. The number of halogens is 1. The van der Waals surface area contributed by atoms with E-state index in [1.165, 1.54) is 31.2 Å². The van der Waals surface area contributed by atoms with Gasteiger partial charge in [0.05, 0.1) is 0 Å². The molecule has 0 bridgehead atoms. The first kappa shape index (κ1) is 18.2. The summed E-state index contributed by atoms with van der Waals surface area (Å²) < 4.78 is 18.7. The molecule has 130 valence electrons. The third kappa shape index (κ3) is 5.76. The minimum absolute atomic E-state index is 0.0317. The van der Waals surface area contributed by atoms with Crippen molar-refractivity contribution in [2.45, 2.75) is 20.0 Å². The van der Waals surface area contributed by atoms with Gasteiger partial charge in [-0.15, -0.1) is 0 Å². The second-order valence-electron chi connectivity index (χ2n) is 5.41. The Morgan fingerprint density at radius 2 is 1.76 bits per heavy atom. The largest absolute Gasteiger partial charge is 0.478 e. The van der Waals surface area contributed by atoms with E-state index in [-0.39, 0.29) is 5.75 Å². The van der Waals surface area contributed by atoms with E-state index in [9.17, 15) is 14.0 Å². The molecule has 0 spiro atoms. The zero-order valence-electron chi connectivity index (χ0n) is 14.0. The summed E-state index contributed by atoms with van der Waals surface area (Å²) in [7, 11) is 0. The highest BCUT2D eigenvalue weighted by Crippen LogP contribution is 2.16. The molecule has 0 saturated carbocycles. The van der Waals surface area contributed by atoms with E-state index in [4.69, 9.17) is 4.74 Å². The maximum absolute atomic E-state index is 13.5. The van der Waals surface area contributed by atoms with Crippen molar-refractivity contribution < 1.29 is 18.7 Å². The number of hydrogen-bond acceptors (Lipinski definition) is 3. The van der Waals surface area contributed by atoms with Gasteiger partial charge in [0.15, 0.2) is 17.7 Å². The third-order valence-corrected chi connectivity index (χ3v) is 3.32. The highest BCUT2D eigenvalue weighted by molar-refractivity contribution is 5.93. The van der Waals surface area contributed by atoms with Crippen molar-refractivity contribution in [3.63, 3.8) is 0 Å². The van der Waals surface area contributed by atoms with Gasteiger partial charge >= 0.3 is 0 Å². The molecule has 0 aromatic heterocycles. The van der Waals surface area contributed by atoms with Gasteiger partial charge in [0.25, 0.3) is 11.8 Å². The van der Waals surface area contributed by atoms with E-state index in [1.807, 2.05) is 31.2 Å². The first-order chi connectivity index (χ1) is 12.0. The number of carbonyl (C=O) groups excluding carboxylic acids is 2. The van der Waals surface area contributed by atoms with Crippen molar-refractivity contribution in [3.8, 4) is 5.75 Å². The quantitative estimate of drug-likeness (QED) is 0.648. The number of carbonyl (C=O) groups is 2. The maximum atomic E-state index is 13.5. The van der Waals surface area contributed by atoms with Crippen molar-refractivity contribution in [1.29, 1.82) is 0 Å². The normalized spacial score (nSPS) is 11.8. The molecule has 0 aliphatic rings. The lowest BCUT2D eigenvalue weighted by Crippen LogP contribution is -2.46. The molecule has 0 radical (unpaired) electrons. The van der Waals surface area contributed by atoms with E-state index < -0.39 is 23.7 Å². The molecule has 1 atom stereocenters. The summed E-state index contributed by atoms with van der Waals surface area (Å²) in [5.41, 5.74) is 6.46. The second kappa shape index (κ2) is 8.63. The SMILES string of the molecule is Cc1ccc(/C=C/C(=O)NNC(=O)[C@H](C)Oc2ccccc2F)cc1. The molecule has 2 N–H and O–H groups in total. The summed E-state index contributed by atoms with van der Waals surface area (Å²) >= 11 is 0. The van der Waals surface area contributed by atoms with Gasteiger partial charge in [0.2, 0.25) is 0 Å². The fourth-order valence-corrected chi connectivity index (χ4v) is 1.90. The number of amides is 2. The fraction of sp³-hybridized carbons (Fsp3) is 0.158. The van der Waals surface area contributed by atoms with Crippen LogP contribution in [0.3, 0.4) is 0 Å². The Morgan fingerprint density at radius 3 is 2.44 bits per heavy atom. The fourth-order valence-electron chi connectivity index (χ4n) is 1.90. The summed E-state index contributed by atoms with van der Waals surface area (Å²) in [5, 5.41) is 0. The smallest absolute Gasteiger partial charge is 0.279 e. The summed E-state index contributed by atoms with van der Waals surface area (Å²) in [5.74, 6) is -1.68. The van der Waals surface area contributed by atoms with Crippen LogP contribution in [0.5, 0.6) is 5.75 Å². The van der Waals surface area contributed by atoms with Gasteiger partial charge in [0, 0.05) is 6.08 Å². The number of benzene rings is 2. The van der Waals surface area contributed by atoms with E-state index in [1.54, 1.807) is 12.1 Å². The Kier molecular flexibility index (Phi) is 6.28. The first-order valence-corrected chi connectivity index (χ1v) is 7.71. The molecule has 2 rings (SSSR count). The molecule has 0 fully saturated rings. The molecule has 2 aromatic rings. The van der Waals surface area contributed by atoms with Gasteiger partial charge in [-0.1, -0.05) is 42.0 Å². The van der Waals surface area contributed by atoms with E-state index in [0.717, 1.165) is 11.1 Å². The molecule has 0 aliphatic carbocycles. The van der Waals surface area contributed by atoms with Gasteiger partial charge < -0.3 is 4.74 Å². The van der Waals surface area contributed by atoms with Gasteiger partial charge in [-0.05, 0) is 37.6 Å². The molecule has 2 aromatic carbocycles. The van der Waals surface area contributed by atoms with Crippen LogP contribution in [-0.2, 0) is 9.59 Å². The first-order valence-electron chi connectivity index (χ1n) is 7.71. The number of para-hydroxylation sites is 1. The standard InChI is InChI=1S/C19H19FN2O3/c1-13-7-9-15(10-8-13)11-12-18(23)21-22-19(24)14(2)25-17-6-4-3-5-16(17)20/h3-12,14H,1-2H3,(H,21,23)(H,22,24)/b12-11+/t14-/m0/s1. The van der Waals surface area contributed by atoms with Crippen LogP contribution in [0.25, 0.3) is 6.08 Å².